The van der Waals surface area contributed by atoms with Gasteiger partial charge in [-0.05, 0) is 66.3 Å². The zero-order valence-electron chi connectivity index (χ0n) is 15.7. The van der Waals surface area contributed by atoms with E-state index < -0.39 is 0 Å². The predicted octanol–water partition coefficient (Wildman–Crippen LogP) is 8.73. The van der Waals surface area contributed by atoms with Gasteiger partial charge in [-0.1, -0.05) is 107 Å². The van der Waals surface area contributed by atoms with E-state index in [-0.39, 0.29) is 0 Å². The van der Waals surface area contributed by atoms with E-state index in [1.807, 2.05) is 0 Å². The predicted molar refractivity (Wildman–Crippen MR) is 130 cm³/mol. The zero-order chi connectivity index (χ0) is 19.4. The molecule has 0 atom stereocenters. The second-order valence-corrected chi connectivity index (χ2v) is 8.35. The fourth-order valence-electron chi connectivity index (χ4n) is 4.59. The lowest BCUT2D eigenvalue weighted by Crippen LogP contribution is -1.88. The van der Waals surface area contributed by atoms with Crippen LogP contribution in [0.4, 0.5) is 0 Å². The summed E-state index contributed by atoms with van der Waals surface area (Å²) >= 11 is 3.80. The van der Waals surface area contributed by atoms with Crippen molar-refractivity contribution in [2.24, 2.45) is 0 Å². The Labute approximate surface area is 177 Å². The van der Waals surface area contributed by atoms with Gasteiger partial charge in [-0.15, -0.1) is 0 Å². The first-order chi connectivity index (χ1) is 14.3. The summed E-state index contributed by atoms with van der Waals surface area (Å²) in [5.41, 5.74) is 2.57. The fraction of sp³-hybridized carbons (Fsp3) is 0. The number of halogens is 1. The van der Waals surface area contributed by atoms with Gasteiger partial charge >= 0.3 is 0 Å². The topological polar surface area (TPSA) is 0 Å². The molecule has 136 valence electrons. The molecule has 0 saturated heterocycles. The lowest BCUT2D eigenvalue weighted by molar-refractivity contribution is 1.70. The molecule has 6 aromatic rings. The van der Waals surface area contributed by atoms with Crippen LogP contribution in [0.1, 0.15) is 0 Å². The maximum absolute atomic E-state index is 3.80. The highest BCUT2D eigenvalue weighted by Gasteiger charge is 2.13. The van der Waals surface area contributed by atoms with E-state index in [1.54, 1.807) is 0 Å². The van der Waals surface area contributed by atoms with Crippen LogP contribution in [-0.2, 0) is 0 Å². The van der Waals surface area contributed by atoms with Crippen LogP contribution in [0.15, 0.2) is 108 Å². The molecule has 0 unspecified atom stereocenters. The molecule has 0 radical (unpaired) electrons. The van der Waals surface area contributed by atoms with E-state index in [9.17, 15) is 0 Å². The second-order valence-electron chi connectivity index (χ2n) is 7.50. The number of hydrogen-bond donors (Lipinski definition) is 0. The fourth-order valence-corrected chi connectivity index (χ4v) is 5.16. The monoisotopic (exact) mass is 432 g/mol. The molecule has 0 amide bonds. The van der Waals surface area contributed by atoms with Crippen molar-refractivity contribution in [3.63, 3.8) is 0 Å². The molecule has 6 rings (SSSR count). The largest absolute Gasteiger partial charge is 0.0616 e. The Balaban J connectivity index is 1.86. The van der Waals surface area contributed by atoms with E-state index in [4.69, 9.17) is 0 Å². The van der Waals surface area contributed by atoms with Crippen molar-refractivity contribution in [3.8, 4) is 11.1 Å². The summed E-state index contributed by atoms with van der Waals surface area (Å²) in [7, 11) is 0. The molecule has 0 saturated carbocycles. The van der Waals surface area contributed by atoms with Gasteiger partial charge in [-0.2, -0.15) is 0 Å². The van der Waals surface area contributed by atoms with Gasteiger partial charge < -0.3 is 0 Å². The molecule has 0 bridgehead atoms. The van der Waals surface area contributed by atoms with Crippen molar-refractivity contribution in [1.82, 2.24) is 0 Å². The minimum absolute atomic E-state index is 1.14. The molecule has 6 aromatic carbocycles. The third-order valence-electron chi connectivity index (χ3n) is 5.91. The lowest BCUT2D eigenvalue weighted by Gasteiger charge is -2.15. The maximum Gasteiger partial charge on any atom is 0.0260 e. The van der Waals surface area contributed by atoms with E-state index in [1.165, 1.54) is 54.2 Å². The first kappa shape index (κ1) is 16.8. The highest BCUT2D eigenvalue weighted by Crippen LogP contribution is 2.41. The smallest absolute Gasteiger partial charge is 0.0260 e. The van der Waals surface area contributed by atoms with Gasteiger partial charge in [0.05, 0.1) is 0 Å². The molecule has 0 aliphatic carbocycles. The summed E-state index contributed by atoms with van der Waals surface area (Å²) in [6.07, 6.45) is 0. The van der Waals surface area contributed by atoms with Crippen LogP contribution < -0.4 is 0 Å². The molecule has 0 aromatic heterocycles. The Morgan fingerprint density at radius 3 is 1.72 bits per heavy atom. The first-order valence-electron chi connectivity index (χ1n) is 9.82. The van der Waals surface area contributed by atoms with Gasteiger partial charge in [0.2, 0.25) is 0 Å². The van der Waals surface area contributed by atoms with Crippen LogP contribution in [0.2, 0.25) is 0 Å². The second kappa shape index (κ2) is 6.43. The van der Waals surface area contributed by atoms with Gasteiger partial charge in [0.1, 0.15) is 0 Å². The Bertz CT molecular complexity index is 1550. The highest BCUT2D eigenvalue weighted by molar-refractivity contribution is 9.10. The highest BCUT2D eigenvalue weighted by atomic mass is 79.9. The summed E-state index contributed by atoms with van der Waals surface area (Å²) in [5, 5.41) is 10.3. The Kier molecular flexibility index (Phi) is 3.72. The molecule has 0 aliphatic heterocycles. The summed E-state index contributed by atoms with van der Waals surface area (Å²) in [6, 6.07) is 37.3. The number of fused-ring (bicyclic) bond motifs is 6. The first-order valence-corrected chi connectivity index (χ1v) is 10.6. The molecule has 0 fully saturated rings. The Hall–Kier alpha value is -3.16. The van der Waals surface area contributed by atoms with Crippen molar-refractivity contribution in [1.29, 1.82) is 0 Å². The van der Waals surface area contributed by atoms with E-state index in [0.717, 1.165) is 4.47 Å². The van der Waals surface area contributed by atoms with Gasteiger partial charge in [-0.25, -0.2) is 0 Å². The number of rotatable bonds is 1. The molecular formula is C28H17Br. The van der Waals surface area contributed by atoms with Crippen molar-refractivity contribution in [2.45, 2.75) is 0 Å². The van der Waals surface area contributed by atoms with Crippen molar-refractivity contribution < 1.29 is 0 Å². The van der Waals surface area contributed by atoms with Crippen LogP contribution in [-0.4, -0.2) is 0 Å². The van der Waals surface area contributed by atoms with Gasteiger partial charge in [0.15, 0.2) is 0 Å². The molecular weight excluding hydrogens is 416 g/mol. The minimum Gasteiger partial charge on any atom is -0.0616 e. The van der Waals surface area contributed by atoms with Crippen molar-refractivity contribution in [2.75, 3.05) is 0 Å². The summed E-state index contributed by atoms with van der Waals surface area (Å²) in [4.78, 5) is 0. The quantitative estimate of drug-likeness (QED) is 0.228. The Morgan fingerprint density at radius 2 is 0.931 bits per heavy atom. The van der Waals surface area contributed by atoms with Crippen LogP contribution in [0.25, 0.3) is 54.2 Å². The molecule has 0 nitrogen and oxygen atoms in total. The van der Waals surface area contributed by atoms with E-state index in [2.05, 4.69) is 119 Å². The molecule has 0 aliphatic rings. The summed E-state index contributed by atoms with van der Waals surface area (Å²) < 4.78 is 1.14. The van der Waals surface area contributed by atoms with Crippen LogP contribution >= 0.6 is 15.9 Å². The van der Waals surface area contributed by atoms with Gasteiger partial charge in [0, 0.05) is 4.47 Å². The molecule has 1 heteroatoms. The normalized spacial score (nSPS) is 11.6. The van der Waals surface area contributed by atoms with E-state index in [0.29, 0.717) is 0 Å². The van der Waals surface area contributed by atoms with E-state index >= 15 is 0 Å². The average molecular weight is 433 g/mol. The van der Waals surface area contributed by atoms with Crippen LogP contribution in [0.3, 0.4) is 0 Å². The van der Waals surface area contributed by atoms with Crippen LogP contribution in [0.5, 0.6) is 0 Å². The minimum atomic E-state index is 1.14. The van der Waals surface area contributed by atoms with Crippen molar-refractivity contribution >= 4 is 59.0 Å². The van der Waals surface area contributed by atoms with Gasteiger partial charge in [-0.3, -0.25) is 0 Å². The standard InChI is InChI=1S/C28H17Br/c29-28-17-27-22-12-4-3-11-21(22)25(16-26(27)23-13-5-6-14-24(23)28)20-15-7-9-18-8-1-2-10-19(18)20/h1-17H. The summed E-state index contributed by atoms with van der Waals surface area (Å²) in [5.74, 6) is 0. The maximum atomic E-state index is 3.80. The molecule has 0 spiro atoms. The summed E-state index contributed by atoms with van der Waals surface area (Å²) in [6.45, 7) is 0. The van der Waals surface area contributed by atoms with Crippen molar-refractivity contribution in [3.05, 3.63) is 108 Å². The molecule has 29 heavy (non-hydrogen) atoms. The molecule has 0 heterocycles. The third-order valence-corrected chi connectivity index (χ3v) is 6.57. The number of hydrogen-bond acceptors (Lipinski definition) is 0. The lowest BCUT2D eigenvalue weighted by atomic mass is 9.89. The Morgan fingerprint density at radius 1 is 0.379 bits per heavy atom. The number of benzene rings is 6. The van der Waals surface area contributed by atoms with Crippen LogP contribution in [0, 0.1) is 0 Å². The SMILES string of the molecule is Brc1cc2c3ccccc3c(-c3cccc4ccccc34)cc2c2ccccc12. The average Bonchev–Trinajstić information content (AvgIpc) is 2.79. The molecule has 0 N–H and O–H groups in total. The third kappa shape index (κ3) is 2.51. The zero-order valence-corrected chi connectivity index (χ0v) is 17.3. The van der Waals surface area contributed by atoms with Gasteiger partial charge in [0.25, 0.3) is 0 Å².